The molecule has 1 fully saturated rings. The van der Waals surface area contributed by atoms with Gasteiger partial charge in [-0.1, -0.05) is 78.3 Å². The molecule has 1 heterocycles. The zero-order valence-corrected chi connectivity index (χ0v) is 23.3. The summed E-state index contributed by atoms with van der Waals surface area (Å²) >= 11 is 6.03. The molecular weight excluding hydrogens is 552 g/mol. The molecule has 0 unspecified atom stereocenters. The van der Waals surface area contributed by atoms with Gasteiger partial charge in [0.15, 0.2) is 6.61 Å². The van der Waals surface area contributed by atoms with Crippen molar-refractivity contribution in [3.05, 3.63) is 129 Å². The molecule has 1 N–H and O–H groups in total. The number of carbonyl (C=O) groups excluding carboxylic acids is 4. The van der Waals surface area contributed by atoms with E-state index in [1.165, 1.54) is 6.07 Å². The number of nitrogens with zero attached hydrogens (tertiary/aromatic N) is 1. The second-order valence-electron chi connectivity index (χ2n) is 10.9. The molecule has 1 aliphatic heterocycles. The van der Waals surface area contributed by atoms with Crippen molar-refractivity contribution in [2.24, 2.45) is 11.8 Å². The fourth-order valence-electron chi connectivity index (χ4n) is 6.88. The summed E-state index contributed by atoms with van der Waals surface area (Å²) in [5.41, 5.74) is 5.78. The summed E-state index contributed by atoms with van der Waals surface area (Å²) in [6.45, 7) is 1.26. The number of anilines is 2. The van der Waals surface area contributed by atoms with E-state index in [0.29, 0.717) is 10.7 Å². The lowest BCUT2D eigenvalue weighted by molar-refractivity contribution is -0.122. The van der Waals surface area contributed by atoms with Crippen LogP contribution in [0.25, 0.3) is 0 Å². The third kappa shape index (κ3) is 3.96. The van der Waals surface area contributed by atoms with Gasteiger partial charge in [-0.3, -0.25) is 14.4 Å². The third-order valence-corrected chi connectivity index (χ3v) is 8.86. The normalized spacial score (nSPS) is 21.4. The Morgan fingerprint density at radius 1 is 0.786 bits per heavy atom. The lowest BCUT2D eigenvalue weighted by Crippen LogP contribution is -2.41. The van der Waals surface area contributed by atoms with Gasteiger partial charge < -0.3 is 10.1 Å². The van der Waals surface area contributed by atoms with Gasteiger partial charge in [0.2, 0.25) is 11.8 Å². The quantitative estimate of drug-likeness (QED) is 0.238. The standard InChI is InChI=1S/C34H25ClN2O5/c1-18-14-15-19(35)16-25(18)36-27(38)17-42-34(41)24-12-6-7-13-26(24)37-32(39)30-28-20-8-2-3-9-21(20)29(31(30)33(37)40)23-11-5-4-10-22(23)28/h2-16,28-31H,17H2,1H3,(H,36,38)/t28?,29?,30-,31+. The number of aryl methyl sites for hydroxylation is 1. The van der Waals surface area contributed by atoms with Gasteiger partial charge in [-0.05, 0) is 59.0 Å². The largest absolute Gasteiger partial charge is 0.452 e. The molecule has 0 saturated carbocycles. The van der Waals surface area contributed by atoms with Gasteiger partial charge in [-0.25, -0.2) is 9.69 Å². The molecule has 3 aliphatic carbocycles. The number of amides is 3. The highest BCUT2D eigenvalue weighted by Crippen LogP contribution is 2.61. The monoisotopic (exact) mass is 576 g/mol. The highest BCUT2D eigenvalue weighted by molar-refractivity contribution is 6.31. The summed E-state index contributed by atoms with van der Waals surface area (Å²) in [6.07, 6.45) is 0. The van der Waals surface area contributed by atoms with Crippen LogP contribution in [0.4, 0.5) is 11.4 Å². The van der Waals surface area contributed by atoms with Crippen LogP contribution in [-0.4, -0.2) is 30.3 Å². The summed E-state index contributed by atoms with van der Waals surface area (Å²) in [5.74, 6) is -3.70. The molecule has 0 spiro atoms. The van der Waals surface area contributed by atoms with E-state index >= 15 is 0 Å². The number of benzene rings is 4. The molecule has 8 heteroatoms. The van der Waals surface area contributed by atoms with Crippen LogP contribution in [0.3, 0.4) is 0 Å². The zero-order chi connectivity index (χ0) is 29.1. The van der Waals surface area contributed by atoms with Crippen molar-refractivity contribution in [2.45, 2.75) is 18.8 Å². The number of para-hydroxylation sites is 1. The first-order valence-corrected chi connectivity index (χ1v) is 14.1. The van der Waals surface area contributed by atoms with E-state index in [-0.39, 0.29) is 34.9 Å². The Bertz CT molecular complexity index is 1700. The van der Waals surface area contributed by atoms with Crippen molar-refractivity contribution in [1.29, 1.82) is 0 Å². The second-order valence-corrected chi connectivity index (χ2v) is 11.3. The lowest BCUT2D eigenvalue weighted by atomic mass is 9.55. The highest BCUT2D eigenvalue weighted by Gasteiger charge is 2.62. The van der Waals surface area contributed by atoms with E-state index in [4.69, 9.17) is 16.3 Å². The molecule has 0 aromatic heterocycles. The maximum Gasteiger partial charge on any atom is 0.340 e. The Morgan fingerprint density at radius 2 is 1.31 bits per heavy atom. The number of ether oxygens (including phenoxy) is 1. The third-order valence-electron chi connectivity index (χ3n) is 8.62. The average molecular weight is 577 g/mol. The number of hydrogen-bond acceptors (Lipinski definition) is 5. The van der Waals surface area contributed by atoms with Crippen LogP contribution in [0.2, 0.25) is 5.02 Å². The van der Waals surface area contributed by atoms with Gasteiger partial charge in [0.05, 0.1) is 23.1 Å². The van der Waals surface area contributed by atoms with Gasteiger partial charge >= 0.3 is 5.97 Å². The van der Waals surface area contributed by atoms with E-state index in [2.05, 4.69) is 5.32 Å². The van der Waals surface area contributed by atoms with Crippen LogP contribution >= 0.6 is 11.6 Å². The maximum absolute atomic E-state index is 14.1. The first-order chi connectivity index (χ1) is 20.3. The van der Waals surface area contributed by atoms with Crippen LogP contribution in [0, 0.1) is 18.8 Å². The molecule has 0 radical (unpaired) electrons. The van der Waals surface area contributed by atoms with Gasteiger partial charge in [0.25, 0.3) is 5.91 Å². The van der Waals surface area contributed by atoms with E-state index < -0.39 is 30.3 Å². The molecule has 2 bridgehead atoms. The van der Waals surface area contributed by atoms with Crippen molar-refractivity contribution in [3.8, 4) is 0 Å². The van der Waals surface area contributed by atoms with Gasteiger partial charge in [0, 0.05) is 22.5 Å². The molecular formula is C34H25ClN2O5. The van der Waals surface area contributed by atoms with Crippen LogP contribution < -0.4 is 10.2 Å². The number of imide groups is 1. The highest BCUT2D eigenvalue weighted by atomic mass is 35.5. The fourth-order valence-corrected chi connectivity index (χ4v) is 7.05. The molecule has 4 aliphatic rings. The topological polar surface area (TPSA) is 92.8 Å². The summed E-state index contributed by atoms with van der Waals surface area (Å²) in [7, 11) is 0. The molecule has 42 heavy (non-hydrogen) atoms. The van der Waals surface area contributed by atoms with E-state index in [0.717, 1.165) is 32.7 Å². The van der Waals surface area contributed by atoms with Crippen LogP contribution in [0.15, 0.2) is 91.0 Å². The molecule has 4 aromatic carbocycles. The number of halogens is 1. The predicted molar refractivity (Wildman–Crippen MR) is 158 cm³/mol. The summed E-state index contributed by atoms with van der Waals surface area (Å²) < 4.78 is 5.34. The molecule has 1 saturated heterocycles. The minimum absolute atomic E-state index is 0.0342. The van der Waals surface area contributed by atoms with Crippen LogP contribution in [-0.2, 0) is 19.1 Å². The molecule has 4 aromatic rings. The fraction of sp³-hybridized carbons (Fsp3) is 0.176. The Labute approximate surface area is 247 Å². The minimum atomic E-state index is -0.811. The van der Waals surface area contributed by atoms with Crippen molar-refractivity contribution < 1.29 is 23.9 Å². The van der Waals surface area contributed by atoms with Gasteiger partial charge in [0.1, 0.15) is 0 Å². The first kappa shape index (κ1) is 26.2. The van der Waals surface area contributed by atoms with Crippen molar-refractivity contribution in [3.63, 3.8) is 0 Å². The van der Waals surface area contributed by atoms with Crippen molar-refractivity contribution >= 4 is 46.7 Å². The van der Waals surface area contributed by atoms with E-state index in [1.54, 1.807) is 36.4 Å². The van der Waals surface area contributed by atoms with Crippen LogP contribution in [0.1, 0.15) is 50.0 Å². The molecule has 7 nitrogen and oxygen atoms in total. The molecule has 8 rings (SSSR count). The lowest BCUT2D eigenvalue weighted by Gasteiger charge is -2.45. The Balaban J connectivity index is 1.17. The average Bonchev–Trinajstić information content (AvgIpc) is 3.27. The second kappa shape index (κ2) is 9.96. The van der Waals surface area contributed by atoms with E-state index in [9.17, 15) is 19.2 Å². The molecule has 3 amide bonds. The van der Waals surface area contributed by atoms with Crippen LogP contribution in [0.5, 0.6) is 0 Å². The Hall–Kier alpha value is -4.75. The molecule has 208 valence electrons. The number of esters is 1. The summed E-state index contributed by atoms with van der Waals surface area (Å²) in [4.78, 5) is 55.3. The van der Waals surface area contributed by atoms with Gasteiger partial charge in [-0.2, -0.15) is 0 Å². The maximum atomic E-state index is 14.1. The number of nitrogens with one attached hydrogen (secondary N) is 1. The van der Waals surface area contributed by atoms with Crippen molar-refractivity contribution in [1.82, 2.24) is 0 Å². The zero-order valence-electron chi connectivity index (χ0n) is 22.5. The number of carbonyl (C=O) groups is 4. The van der Waals surface area contributed by atoms with E-state index in [1.807, 2.05) is 55.5 Å². The number of rotatable bonds is 5. The van der Waals surface area contributed by atoms with Gasteiger partial charge in [-0.15, -0.1) is 0 Å². The summed E-state index contributed by atoms with van der Waals surface area (Å²) in [6, 6.07) is 27.5. The first-order valence-electron chi connectivity index (χ1n) is 13.7. The minimum Gasteiger partial charge on any atom is -0.452 e. The molecule has 2 atom stereocenters. The predicted octanol–water partition coefficient (Wildman–Crippen LogP) is 5.84. The SMILES string of the molecule is Cc1ccc(Cl)cc1NC(=O)COC(=O)c1ccccc1N1C(=O)[C@@H]2C3c4ccccc4C(c4ccccc43)[C@@H]2C1=O. The smallest absolute Gasteiger partial charge is 0.340 e. The summed E-state index contributed by atoms with van der Waals surface area (Å²) in [5, 5.41) is 3.15. The Kier molecular flexibility index (Phi) is 6.21. The Morgan fingerprint density at radius 3 is 1.88 bits per heavy atom. The van der Waals surface area contributed by atoms with Crippen molar-refractivity contribution in [2.75, 3.05) is 16.8 Å². The number of hydrogen-bond donors (Lipinski definition) is 1.